The Morgan fingerprint density at radius 2 is 2.17 bits per heavy atom. The lowest BCUT2D eigenvalue weighted by Gasteiger charge is -2.20. The van der Waals surface area contributed by atoms with E-state index in [0.717, 1.165) is 11.3 Å². The number of hydrogen-bond donors (Lipinski definition) is 0. The van der Waals surface area contributed by atoms with Crippen LogP contribution in [0.25, 0.3) is 0 Å². The number of benzene rings is 1. The molecule has 0 unspecified atom stereocenters. The number of carbonyl (C=O) groups excluding carboxylic acids is 1. The first kappa shape index (κ1) is 7.35. The molecule has 12 heavy (non-hydrogen) atoms. The Balaban J connectivity index is 2.47. The van der Waals surface area contributed by atoms with Crippen molar-refractivity contribution < 1.29 is 9.53 Å². The number of rotatable bonds is 0. The fourth-order valence-corrected chi connectivity index (χ4v) is 1.50. The molecule has 1 aliphatic rings. The number of carbonyl (C=O) groups is 1. The maximum absolute atomic E-state index is 11.0. The van der Waals surface area contributed by atoms with Crippen LogP contribution in [0.2, 0.25) is 0 Å². The van der Waals surface area contributed by atoms with E-state index in [2.05, 4.69) is 0 Å². The van der Waals surface area contributed by atoms with Gasteiger partial charge in [0.15, 0.2) is 0 Å². The first-order valence-electron chi connectivity index (χ1n) is 4.07. The van der Waals surface area contributed by atoms with Gasteiger partial charge in [0, 0.05) is 0 Å². The second-order valence-corrected chi connectivity index (χ2v) is 3.12. The summed E-state index contributed by atoms with van der Waals surface area (Å²) in [5.74, 6) is 0.893. The van der Waals surface area contributed by atoms with E-state index in [-0.39, 0.29) is 5.97 Å². The maximum atomic E-state index is 11.0. The second-order valence-electron chi connectivity index (χ2n) is 3.12. The number of fused-ring (bicyclic) bond motifs is 1. The Kier molecular flexibility index (Phi) is 1.61. The zero-order valence-electron chi connectivity index (χ0n) is 6.91. The maximum Gasteiger partial charge on any atom is 0.311 e. The highest BCUT2D eigenvalue weighted by Gasteiger charge is 2.22. The molecule has 0 saturated heterocycles. The molecule has 1 heterocycles. The summed E-state index contributed by atoms with van der Waals surface area (Å²) < 4.78 is 5.06. The van der Waals surface area contributed by atoms with Gasteiger partial charge in [-0.1, -0.05) is 25.1 Å². The zero-order valence-corrected chi connectivity index (χ0v) is 6.91. The summed E-state index contributed by atoms with van der Waals surface area (Å²) in [5.41, 5.74) is 1.14. The van der Waals surface area contributed by atoms with Crippen LogP contribution < -0.4 is 4.74 Å². The van der Waals surface area contributed by atoms with Crippen LogP contribution in [-0.4, -0.2) is 5.97 Å². The van der Waals surface area contributed by atoms with Gasteiger partial charge < -0.3 is 4.74 Å². The van der Waals surface area contributed by atoms with Crippen LogP contribution in [0, 0.1) is 0 Å². The number of esters is 1. The van der Waals surface area contributed by atoms with Crippen LogP contribution in [0.3, 0.4) is 0 Å². The molecule has 0 spiro atoms. The Morgan fingerprint density at radius 3 is 3.00 bits per heavy atom. The van der Waals surface area contributed by atoms with E-state index in [4.69, 9.17) is 4.74 Å². The largest absolute Gasteiger partial charge is 0.426 e. The Hall–Kier alpha value is -1.31. The van der Waals surface area contributed by atoms with Crippen molar-refractivity contribution in [2.45, 2.75) is 19.3 Å². The molecule has 2 heteroatoms. The highest BCUT2D eigenvalue weighted by molar-refractivity contribution is 5.76. The molecule has 1 aliphatic heterocycles. The minimum absolute atomic E-state index is 0.124. The smallest absolute Gasteiger partial charge is 0.311 e. The van der Waals surface area contributed by atoms with Crippen molar-refractivity contribution in [1.82, 2.24) is 0 Å². The molecule has 0 fully saturated rings. The fourth-order valence-electron chi connectivity index (χ4n) is 1.50. The summed E-state index contributed by atoms with van der Waals surface area (Å²) in [4.78, 5) is 11.0. The third-order valence-corrected chi connectivity index (χ3v) is 2.15. The molecule has 1 atom stereocenters. The van der Waals surface area contributed by atoms with Crippen LogP contribution in [-0.2, 0) is 4.79 Å². The molecule has 0 bridgehead atoms. The average Bonchev–Trinajstić information content (AvgIpc) is 2.04. The molecule has 1 aromatic rings. The molecule has 0 aliphatic carbocycles. The number of ether oxygens (including phenoxy) is 1. The van der Waals surface area contributed by atoms with Gasteiger partial charge >= 0.3 is 5.97 Å². The van der Waals surface area contributed by atoms with Crippen molar-refractivity contribution in [3.8, 4) is 5.75 Å². The zero-order chi connectivity index (χ0) is 8.55. The first-order chi connectivity index (χ1) is 5.77. The van der Waals surface area contributed by atoms with Gasteiger partial charge in [0.05, 0.1) is 6.42 Å². The third kappa shape index (κ3) is 1.09. The van der Waals surface area contributed by atoms with Gasteiger partial charge in [-0.25, -0.2) is 0 Å². The molecule has 1 aromatic carbocycles. The molecular formula is C10H10O2. The monoisotopic (exact) mass is 162 g/mol. The quantitative estimate of drug-likeness (QED) is 0.431. The summed E-state index contributed by atoms with van der Waals surface area (Å²) in [6, 6.07) is 7.69. The number of para-hydroxylation sites is 1. The van der Waals surface area contributed by atoms with Gasteiger partial charge in [0.1, 0.15) is 5.75 Å². The normalized spacial score (nSPS) is 21.4. The third-order valence-electron chi connectivity index (χ3n) is 2.15. The number of hydrogen-bond acceptors (Lipinski definition) is 2. The summed E-state index contributed by atoms with van der Waals surface area (Å²) >= 11 is 0. The van der Waals surface area contributed by atoms with E-state index in [1.165, 1.54) is 0 Å². The molecule has 0 saturated carbocycles. The van der Waals surface area contributed by atoms with Gasteiger partial charge in [-0.2, -0.15) is 0 Å². The lowest BCUT2D eigenvalue weighted by Crippen LogP contribution is -2.18. The summed E-state index contributed by atoms with van der Waals surface area (Å²) in [7, 11) is 0. The lowest BCUT2D eigenvalue weighted by atomic mass is 9.95. The minimum atomic E-state index is -0.124. The highest BCUT2D eigenvalue weighted by atomic mass is 16.5. The summed E-state index contributed by atoms with van der Waals surface area (Å²) in [5, 5.41) is 0. The Labute approximate surface area is 71.2 Å². The minimum Gasteiger partial charge on any atom is -0.426 e. The van der Waals surface area contributed by atoms with Gasteiger partial charge in [0.25, 0.3) is 0 Å². The molecule has 0 radical (unpaired) electrons. The standard InChI is InChI=1S/C10H10O2/c1-7-6-10(11)12-9-5-3-2-4-8(7)9/h2-5,7H,6H2,1H3/t7-/m0/s1. The predicted molar refractivity (Wildman–Crippen MR) is 45.1 cm³/mol. The Morgan fingerprint density at radius 1 is 1.42 bits per heavy atom. The van der Waals surface area contributed by atoms with Crippen LogP contribution in [0.5, 0.6) is 5.75 Å². The average molecular weight is 162 g/mol. The molecule has 0 aromatic heterocycles. The molecule has 0 N–H and O–H groups in total. The highest BCUT2D eigenvalue weighted by Crippen LogP contribution is 2.32. The van der Waals surface area contributed by atoms with E-state index >= 15 is 0 Å². The second kappa shape index (κ2) is 2.63. The van der Waals surface area contributed by atoms with Crippen molar-refractivity contribution >= 4 is 5.97 Å². The summed E-state index contributed by atoms with van der Waals surface area (Å²) in [6.07, 6.45) is 0.497. The van der Waals surface area contributed by atoms with Gasteiger partial charge in [-0.3, -0.25) is 4.79 Å². The summed E-state index contributed by atoms with van der Waals surface area (Å²) in [6.45, 7) is 2.04. The van der Waals surface area contributed by atoms with E-state index in [1.54, 1.807) is 0 Å². The van der Waals surface area contributed by atoms with Gasteiger partial charge in [-0.05, 0) is 17.5 Å². The first-order valence-corrected chi connectivity index (χ1v) is 4.07. The van der Waals surface area contributed by atoms with Gasteiger partial charge in [-0.15, -0.1) is 0 Å². The van der Waals surface area contributed by atoms with E-state index in [9.17, 15) is 4.79 Å². The SMILES string of the molecule is C[C@H]1CC(=O)Oc2ccccc21. The van der Waals surface area contributed by atoms with Crippen molar-refractivity contribution in [3.05, 3.63) is 29.8 Å². The van der Waals surface area contributed by atoms with E-state index in [1.807, 2.05) is 31.2 Å². The molecule has 2 rings (SSSR count). The van der Waals surface area contributed by atoms with Crippen LogP contribution in [0.15, 0.2) is 24.3 Å². The molecule has 62 valence electrons. The van der Waals surface area contributed by atoms with Crippen molar-refractivity contribution in [1.29, 1.82) is 0 Å². The Bertz CT molecular complexity index is 317. The van der Waals surface area contributed by atoms with Gasteiger partial charge in [0.2, 0.25) is 0 Å². The van der Waals surface area contributed by atoms with Crippen LogP contribution in [0.1, 0.15) is 24.8 Å². The molecule has 0 amide bonds. The van der Waals surface area contributed by atoms with Crippen LogP contribution >= 0.6 is 0 Å². The van der Waals surface area contributed by atoms with Crippen molar-refractivity contribution in [2.24, 2.45) is 0 Å². The topological polar surface area (TPSA) is 26.3 Å². The van der Waals surface area contributed by atoms with Crippen molar-refractivity contribution in [2.75, 3.05) is 0 Å². The van der Waals surface area contributed by atoms with Crippen LogP contribution in [0.4, 0.5) is 0 Å². The van der Waals surface area contributed by atoms with E-state index in [0.29, 0.717) is 12.3 Å². The van der Waals surface area contributed by atoms with Crippen molar-refractivity contribution in [3.63, 3.8) is 0 Å². The molecule has 2 nitrogen and oxygen atoms in total. The molecular weight excluding hydrogens is 152 g/mol. The predicted octanol–water partition coefficient (Wildman–Crippen LogP) is 2.10. The lowest BCUT2D eigenvalue weighted by molar-refractivity contribution is -0.135. The fraction of sp³-hybridized carbons (Fsp3) is 0.300. The van der Waals surface area contributed by atoms with E-state index < -0.39 is 0 Å².